The Hall–Kier alpha value is -2.54. The lowest BCUT2D eigenvalue weighted by Gasteiger charge is -2.21. The average Bonchev–Trinajstić information content (AvgIpc) is 2.98. The second-order valence-electron chi connectivity index (χ2n) is 5.83. The van der Waals surface area contributed by atoms with Crippen molar-refractivity contribution in [2.24, 2.45) is 0 Å². The summed E-state index contributed by atoms with van der Waals surface area (Å²) >= 11 is 0. The van der Waals surface area contributed by atoms with Gasteiger partial charge in [0.1, 0.15) is 6.33 Å². The number of nitrogens with one attached hydrogen (secondary N) is 1. The van der Waals surface area contributed by atoms with Gasteiger partial charge in [0.15, 0.2) is 17.0 Å². The summed E-state index contributed by atoms with van der Waals surface area (Å²) in [5.74, 6) is 0.586. The zero-order valence-corrected chi connectivity index (χ0v) is 13.3. The van der Waals surface area contributed by atoms with Gasteiger partial charge in [-0.05, 0) is 18.9 Å². The molecule has 0 aliphatic carbocycles. The lowest BCUT2D eigenvalue weighted by molar-refractivity contribution is 0.0697. The normalized spacial score (nSPS) is 13.9. The summed E-state index contributed by atoms with van der Waals surface area (Å²) in [4.78, 5) is 8.50. The standard InChI is InChI=1S/C16H20N6O/c1-3-16(2,23)10-17-14-13-15(19-11-18-14)22(21-20-13)9-12-7-5-4-6-8-12/h4-8,11,23H,3,9-10H2,1-2H3,(H,17,18,19). The molecule has 1 atom stereocenters. The van der Waals surface area contributed by atoms with E-state index in [1.54, 1.807) is 11.6 Å². The number of hydrogen-bond acceptors (Lipinski definition) is 6. The predicted molar refractivity (Wildman–Crippen MR) is 88.1 cm³/mol. The van der Waals surface area contributed by atoms with E-state index < -0.39 is 5.60 Å². The van der Waals surface area contributed by atoms with Gasteiger partial charge in [-0.15, -0.1) is 5.10 Å². The molecule has 2 aromatic heterocycles. The first kappa shape index (κ1) is 15.4. The molecule has 0 fully saturated rings. The van der Waals surface area contributed by atoms with Crippen molar-refractivity contribution in [2.75, 3.05) is 11.9 Å². The number of aromatic nitrogens is 5. The van der Waals surface area contributed by atoms with Crippen molar-refractivity contribution in [2.45, 2.75) is 32.4 Å². The van der Waals surface area contributed by atoms with Crippen LogP contribution in [-0.4, -0.2) is 42.2 Å². The number of hydrogen-bond donors (Lipinski definition) is 2. The molecule has 2 N–H and O–H groups in total. The second-order valence-corrected chi connectivity index (χ2v) is 5.83. The summed E-state index contributed by atoms with van der Waals surface area (Å²) in [5.41, 5.74) is 1.61. The molecule has 0 saturated heterocycles. The molecule has 120 valence electrons. The molecule has 0 aliphatic rings. The Morgan fingerprint density at radius 1 is 1.22 bits per heavy atom. The summed E-state index contributed by atoms with van der Waals surface area (Å²) in [6, 6.07) is 10.0. The molecule has 7 heteroatoms. The van der Waals surface area contributed by atoms with Crippen molar-refractivity contribution in [3.8, 4) is 0 Å². The van der Waals surface area contributed by atoms with Crippen LogP contribution in [0.3, 0.4) is 0 Å². The van der Waals surface area contributed by atoms with Gasteiger partial charge in [0.05, 0.1) is 12.1 Å². The van der Waals surface area contributed by atoms with E-state index in [-0.39, 0.29) is 0 Å². The smallest absolute Gasteiger partial charge is 0.184 e. The van der Waals surface area contributed by atoms with E-state index in [0.717, 1.165) is 5.56 Å². The first-order chi connectivity index (χ1) is 11.1. The fourth-order valence-electron chi connectivity index (χ4n) is 2.18. The maximum atomic E-state index is 10.1. The highest BCUT2D eigenvalue weighted by Gasteiger charge is 2.19. The molecule has 2 heterocycles. The van der Waals surface area contributed by atoms with Gasteiger partial charge < -0.3 is 10.4 Å². The van der Waals surface area contributed by atoms with Gasteiger partial charge in [-0.25, -0.2) is 14.6 Å². The number of rotatable bonds is 6. The van der Waals surface area contributed by atoms with E-state index in [9.17, 15) is 5.11 Å². The number of aliphatic hydroxyl groups is 1. The summed E-state index contributed by atoms with van der Waals surface area (Å²) in [6.07, 6.45) is 2.13. The molecule has 3 rings (SSSR count). The molecule has 0 spiro atoms. The van der Waals surface area contributed by atoms with E-state index in [1.807, 2.05) is 37.3 Å². The van der Waals surface area contributed by atoms with Gasteiger partial charge >= 0.3 is 0 Å². The Kier molecular flexibility index (Phi) is 4.20. The van der Waals surface area contributed by atoms with Crippen LogP contribution >= 0.6 is 0 Å². The molecule has 23 heavy (non-hydrogen) atoms. The fourth-order valence-corrected chi connectivity index (χ4v) is 2.18. The molecule has 1 unspecified atom stereocenters. The van der Waals surface area contributed by atoms with Gasteiger partial charge in [-0.2, -0.15) is 0 Å². The highest BCUT2D eigenvalue weighted by molar-refractivity contribution is 5.81. The van der Waals surface area contributed by atoms with E-state index in [2.05, 4.69) is 25.6 Å². The van der Waals surface area contributed by atoms with E-state index in [1.165, 1.54) is 6.33 Å². The number of anilines is 1. The van der Waals surface area contributed by atoms with Crippen LogP contribution in [-0.2, 0) is 6.54 Å². The first-order valence-corrected chi connectivity index (χ1v) is 7.63. The zero-order chi connectivity index (χ0) is 16.3. The van der Waals surface area contributed by atoms with Crippen molar-refractivity contribution < 1.29 is 5.11 Å². The third-order valence-electron chi connectivity index (χ3n) is 3.87. The minimum absolute atomic E-state index is 0.390. The molecule has 1 aromatic carbocycles. The van der Waals surface area contributed by atoms with Crippen molar-refractivity contribution >= 4 is 17.0 Å². The van der Waals surface area contributed by atoms with Crippen LogP contribution in [0.5, 0.6) is 0 Å². The summed E-state index contributed by atoms with van der Waals surface area (Å²) in [5, 5.41) is 21.6. The van der Waals surface area contributed by atoms with Gasteiger partial charge in [0.25, 0.3) is 0 Å². The highest BCUT2D eigenvalue weighted by atomic mass is 16.3. The highest BCUT2D eigenvalue weighted by Crippen LogP contribution is 2.18. The van der Waals surface area contributed by atoms with E-state index in [0.29, 0.717) is 36.5 Å². The predicted octanol–water partition coefficient (Wildman–Crippen LogP) is 1.84. The summed E-state index contributed by atoms with van der Waals surface area (Å²) < 4.78 is 1.75. The van der Waals surface area contributed by atoms with E-state index >= 15 is 0 Å². The molecule has 0 radical (unpaired) electrons. The fraction of sp³-hybridized carbons (Fsp3) is 0.375. The Balaban J connectivity index is 1.85. The van der Waals surface area contributed by atoms with Crippen LogP contribution in [0.2, 0.25) is 0 Å². The quantitative estimate of drug-likeness (QED) is 0.722. The number of fused-ring (bicyclic) bond motifs is 1. The van der Waals surface area contributed by atoms with Crippen molar-refractivity contribution in [3.05, 3.63) is 42.2 Å². The molecule has 3 aromatic rings. The lowest BCUT2D eigenvalue weighted by Crippen LogP contribution is -2.32. The SMILES string of the molecule is CCC(C)(O)CNc1ncnc2c1nnn2Cc1ccccc1. The van der Waals surface area contributed by atoms with Crippen LogP contribution in [0.25, 0.3) is 11.2 Å². The zero-order valence-electron chi connectivity index (χ0n) is 13.3. The van der Waals surface area contributed by atoms with Crippen LogP contribution in [0, 0.1) is 0 Å². The van der Waals surface area contributed by atoms with E-state index in [4.69, 9.17) is 0 Å². The molecule has 0 bridgehead atoms. The molecular formula is C16H20N6O. The van der Waals surface area contributed by atoms with Gasteiger partial charge in [0.2, 0.25) is 0 Å². The summed E-state index contributed by atoms with van der Waals surface area (Å²) in [7, 11) is 0. The average molecular weight is 312 g/mol. The molecule has 0 aliphatic heterocycles. The Morgan fingerprint density at radius 3 is 2.74 bits per heavy atom. The second kappa shape index (κ2) is 6.29. The maximum Gasteiger partial charge on any atom is 0.184 e. The molecule has 7 nitrogen and oxygen atoms in total. The van der Waals surface area contributed by atoms with Crippen molar-refractivity contribution in [1.29, 1.82) is 0 Å². The Labute approximate surface area is 134 Å². The van der Waals surface area contributed by atoms with Crippen LogP contribution in [0.1, 0.15) is 25.8 Å². The third-order valence-corrected chi connectivity index (χ3v) is 3.87. The maximum absolute atomic E-state index is 10.1. The number of nitrogens with zero attached hydrogens (tertiary/aromatic N) is 5. The number of benzene rings is 1. The van der Waals surface area contributed by atoms with Gasteiger partial charge in [-0.1, -0.05) is 42.5 Å². The van der Waals surface area contributed by atoms with Crippen molar-refractivity contribution in [3.63, 3.8) is 0 Å². The lowest BCUT2D eigenvalue weighted by atomic mass is 10.0. The third kappa shape index (κ3) is 3.45. The largest absolute Gasteiger partial charge is 0.388 e. The van der Waals surface area contributed by atoms with Gasteiger partial charge in [-0.3, -0.25) is 0 Å². The van der Waals surface area contributed by atoms with Crippen molar-refractivity contribution in [1.82, 2.24) is 25.0 Å². The van der Waals surface area contributed by atoms with Crippen LogP contribution in [0.4, 0.5) is 5.82 Å². The first-order valence-electron chi connectivity index (χ1n) is 7.63. The monoisotopic (exact) mass is 312 g/mol. The topological polar surface area (TPSA) is 88.8 Å². The molecule has 0 amide bonds. The van der Waals surface area contributed by atoms with Crippen LogP contribution < -0.4 is 5.32 Å². The minimum atomic E-state index is -0.794. The molecular weight excluding hydrogens is 292 g/mol. The van der Waals surface area contributed by atoms with Gasteiger partial charge in [0, 0.05) is 6.54 Å². The summed E-state index contributed by atoms with van der Waals surface area (Å²) in [6.45, 7) is 4.71. The minimum Gasteiger partial charge on any atom is -0.388 e. The Bertz CT molecular complexity index is 784. The molecule has 0 saturated carbocycles. The van der Waals surface area contributed by atoms with Crippen LogP contribution in [0.15, 0.2) is 36.7 Å². The Morgan fingerprint density at radius 2 is 2.00 bits per heavy atom.